The van der Waals surface area contributed by atoms with Crippen molar-refractivity contribution >= 4 is 18.0 Å². The van der Waals surface area contributed by atoms with E-state index in [0.29, 0.717) is 6.61 Å². The van der Waals surface area contributed by atoms with E-state index >= 15 is 0 Å². The summed E-state index contributed by atoms with van der Waals surface area (Å²) in [6.07, 6.45) is 0.878. The lowest BCUT2D eigenvalue weighted by atomic mass is 9.83. The van der Waals surface area contributed by atoms with Crippen LogP contribution < -0.4 is 4.74 Å². The first-order chi connectivity index (χ1) is 12.3. The topological polar surface area (TPSA) is 32.7 Å². The summed E-state index contributed by atoms with van der Waals surface area (Å²) < 4.78 is 6.09. The van der Waals surface area contributed by atoms with Gasteiger partial charge in [-0.1, -0.05) is 39.0 Å². The summed E-state index contributed by atoms with van der Waals surface area (Å²) in [5.41, 5.74) is 6.03. The third kappa shape index (κ3) is 4.85. The fourth-order valence-electron chi connectivity index (χ4n) is 3.48. The molecule has 0 radical (unpaired) electrons. The average molecular weight is 388 g/mol. The van der Waals surface area contributed by atoms with Gasteiger partial charge in [0.25, 0.3) is 0 Å². The number of hydrogen-bond acceptors (Lipinski definition) is 3. The van der Waals surface area contributed by atoms with Gasteiger partial charge < -0.3 is 14.7 Å². The number of benzene rings is 2. The Morgan fingerprint density at radius 1 is 1.07 bits per heavy atom. The van der Waals surface area contributed by atoms with Crippen molar-refractivity contribution in [2.24, 2.45) is 0 Å². The third-order valence-corrected chi connectivity index (χ3v) is 4.77. The van der Waals surface area contributed by atoms with E-state index in [1.54, 1.807) is 6.07 Å². The molecule has 0 fully saturated rings. The molecule has 0 saturated carbocycles. The molecular formula is C23H30ClNO2. The van der Waals surface area contributed by atoms with Crippen LogP contribution in [0.25, 0.3) is 5.57 Å². The minimum Gasteiger partial charge on any atom is -0.508 e. The molecule has 2 aromatic carbocycles. The van der Waals surface area contributed by atoms with E-state index < -0.39 is 0 Å². The molecule has 1 aliphatic rings. The molecular weight excluding hydrogens is 358 g/mol. The van der Waals surface area contributed by atoms with E-state index in [-0.39, 0.29) is 23.6 Å². The Kier molecular flexibility index (Phi) is 6.61. The van der Waals surface area contributed by atoms with Crippen molar-refractivity contribution in [3.63, 3.8) is 0 Å². The Morgan fingerprint density at radius 2 is 1.81 bits per heavy atom. The Morgan fingerprint density at radius 3 is 2.44 bits per heavy atom. The maximum atomic E-state index is 10.0. The molecule has 3 nitrogen and oxygen atoms in total. The average Bonchev–Trinajstić information content (AvgIpc) is 2.71. The van der Waals surface area contributed by atoms with Crippen LogP contribution >= 0.6 is 12.4 Å². The van der Waals surface area contributed by atoms with Crippen molar-refractivity contribution in [3.8, 4) is 11.5 Å². The van der Waals surface area contributed by atoms with Gasteiger partial charge in [-0.25, -0.2) is 0 Å². The molecule has 0 aliphatic carbocycles. The highest BCUT2D eigenvalue weighted by Crippen LogP contribution is 2.40. The zero-order valence-corrected chi connectivity index (χ0v) is 17.7. The SMILES string of the molecule is CN(C)CC1=C(c2cccc(O)c2)c2cc(C(C)(C)C)ccc2OCC1.Cl. The number of halogens is 1. The summed E-state index contributed by atoms with van der Waals surface area (Å²) in [6.45, 7) is 8.22. The highest BCUT2D eigenvalue weighted by atomic mass is 35.5. The number of rotatable bonds is 3. The first kappa shape index (κ1) is 21.3. The zero-order valence-electron chi connectivity index (χ0n) is 16.9. The number of ether oxygens (including phenoxy) is 1. The molecule has 0 unspecified atom stereocenters. The molecule has 0 amide bonds. The van der Waals surface area contributed by atoms with Crippen LogP contribution in [0.1, 0.15) is 43.9 Å². The van der Waals surface area contributed by atoms with Crippen molar-refractivity contribution in [2.45, 2.75) is 32.6 Å². The highest BCUT2D eigenvalue weighted by molar-refractivity contribution is 5.86. The zero-order chi connectivity index (χ0) is 18.9. The van der Waals surface area contributed by atoms with Crippen LogP contribution in [-0.4, -0.2) is 37.3 Å². The van der Waals surface area contributed by atoms with Gasteiger partial charge in [0.05, 0.1) is 6.61 Å². The van der Waals surface area contributed by atoms with E-state index in [1.807, 2.05) is 12.1 Å². The van der Waals surface area contributed by atoms with Gasteiger partial charge in [-0.3, -0.25) is 0 Å². The lowest BCUT2D eigenvalue weighted by Crippen LogP contribution is -2.17. The van der Waals surface area contributed by atoms with Gasteiger partial charge in [-0.2, -0.15) is 0 Å². The van der Waals surface area contributed by atoms with Crippen LogP contribution in [0.4, 0.5) is 0 Å². The summed E-state index contributed by atoms with van der Waals surface area (Å²) in [7, 11) is 4.18. The molecule has 1 heterocycles. The molecule has 4 heteroatoms. The van der Waals surface area contributed by atoms with E-state index in [9.17, 15) is 5.11 Å². The summed E-state index contributed by atoms with van der Waals surface area (Å²) in [5.74, 6) is 1.21. The van der Waals surface area contributed by atoms with Gasteiger partial charge in [-0.05, 0) is 66.0 Å². The Balaban J connectivity index is 0.00000261. The first-order valence-corrected chi connectivity index (χ1v) is 9.19. The van der Waals surface area contributed by atoms with E-state index in [0.717, 1.165) is 29.8 Å². The van der Waals surface area contributed by atoms with Gasteiger partial charge in [0.2, 0.25) is 0 Å². The Hall–Kier alpha value is -1.97. The summed E-state index contributed by atoms with van der Waals surface area (Å²) >= 11 is 0. The minimum atomic E-state index is 0. The Bertz CT molecular complexity index is 835. The fraction of sp³-hybridized carbons (Fsp3) is 0.391. The normalized spacial score (nSPS) is 14.3. The number of hydrogen-bond donors (Lipinski definition) is 1. The largest absolute Gasteiger partial charge is 0.508 e. The summed E-state index contributed by atoms with van der Waals surface area (Å²) in [4.78, 5) is 2.19. The van der Waals surface area contributed by atoms with Crippen LogP contribution in [-0.2, 0) is 5.41 Å². The van der Waals surface area contributed by atoms with Crippen LogP contribution in [0, 0.1) is 0 Å². The van der Waals surface area contributed by atoms with Crippen molar-refractivity contribution in [1.82, 2.24) is 4.90 Å². The monoisotopic (exact) mass is 387 g/mol. The highest BCUT2D eigenvalue weighted by Gasteiger charge is 2.23. The van der Waals surface area contributed by atoms with E-state index in [1.165, 1.54) is 16.7 Å². The number of likely N-dealkylation sites (N-methyl/N-ethyl adjacent to an activating group) is 1. The lowest BCUT2D eigenvalue weighted by molar-refractivity contribution is 0.318. The smallest absolute Gasteiger partial charge is 0.127 e. The van der Waals surface area contributed by atoms with Crippen molar-refractivity contribution < 1.29 is 9.84 Å². The molecule has 2 aromatic rings. The molecule has 0 spiro atoms. The van der Waals surface area contributed by atoms with Crippen LogP contribution in [0.5, 0.6) is 11.5 Å². The molecule has 0 aromatic heterocycles. The molecule has 146 valence electrons. The van der Waals surface area contributed by atoms with Crippen molar-refractivity contribution in [1.29, 1.82) is 0 Å². The van der Waals surface area contributed by atoms with Gasteiger partial charge in [0.15, 0.2) is 0 Å². The van der Waals surface area contributed by atoms with Crippen LogP contribution in [0.15, 0.2) is 48.0 Å². The second kappa shape index (κ2) is 8.37. The summed E-state index contributed by atoms with van der Waals surface area (Å²) in [5, 5.41) is 10.0. The maximum Gasteiger partial charge on any atom is 0.127 e. The van der Waals surface area contributed by atoms with E-state index in [2.05, 4.69) is 64.0 Å². The van der Waals surface area contributed by atoms with Crippen LogP contribution in [0.2, 0.25) is 0 Å². The third-order valence-electron chi connectivity index (χ3n) is 4.77. The number of phenols is 1. The second-order valence-electron chi connectivity index (χ2n) is 8.33. The van der Waals surface area contributed by atoms with Crippen molar-refractivity contribution in [3.05, 3.63) is 64.7 Å². The number of phenolic OH excluding ortho intramolecular Hbond substituents is 1. The quantitative estimate of drug-likeness (QED) is 0.779. The van der Waals surface area contributed by atoms with Gasteiger partial charge >= 0.3 is 0 Å². The predicted octanol–water partition coefficient (Wildman–Crippen LogP) is 5.26. The minimum absolute atomic E-state index is 0. The predicted molar refractivity (Wildman–Crippen MR) is 115 cm³/mol. The number of aromatic hydroxyl groups is 1. The van der Waals surface area contributed by atoms with Crippen molar-refractivity contribution in [2.75, 3.05) is 27.2 Å². The first-order valence-electron chi connectivity index (χ1n) is 9.19. The summed E-state index contributed by atoms with van der Waals surface area (Å²) in [6, 6.07) is 14.1. The standard InChI is InChI=1S/C23H29NO2.ClH/c1-23(2,3)18-9-10-21-20(14-18)22(16-7-6-8-19(25)13-16)17(11-12-26-21)15-24(4)5;/h6-10,13-14,25H,11-12,15H2,1-5H3;1H. The van der Waals surface area contributed by atoms with Gasteiger partial charge in [0, 0.05) is 18.5 Å². The lowest BCUT2D eigenvalue weighted by Gasteiger charge is -2.23. The molecule has 1 aliphatic heterocycles. The number of fused-ring (bicyclic) bond motifs is 1. The molecule has 1 N–H and O–H groups in total. The van der Waals surface area contributed by atoms with E-state index in [4.69, 9.17) is 4.74 Å². The molecule has 27 heavy (non-hydrogen) atoms. The Labute approximate surface area is 169 Å². The van der Waals surface area contributed by atoms with Gasteiger partial charge in [-0.15, -0.1) is 12.4 Å². The van der Waals surface area contributed by atoms with Crippen LogP contribution in [0.3, 0.4) is 0 Å². The molecule has 0 saturated heterocycles. The second-order valence-corrected chi connectivity index (χ2v) is 8.33. The number of nitrogens with zero attached hydrogens (tertiary/aromatic N) is 1. The van der Waals surface area contributed by atoms with Gasteiger partial charge in [0.1, 0.15) is 11.5 Å². The molecule has 0 bridgehead atoms. The maximum absolute atomic E-state index is 10.0. The molecule has 3 rings (SSSR count). The molecule has 0 atom stereocenters. The fourth-order valence-corrected chi connectivity index (χ4v) is 3.48.